The number of carbonyl (C=O) groups excluding carboxylic acids is 1. The van der Waals surface area contributed by atoms with Crippen molar-refractivity contribution in [2.24, 2.45) is 5.92 Å². The lowest BCUT2D eigenvalue weighted by molar-refractivity contribution is -0.137. The second-order valence-electron chi connectivity index (χ2n) is 9.73. The van der Waals surface area contributed by atoms with Crippen LogP contribution in [-0.4, -0.2) is 27.3 Å². The van der Waals surface area contributed by atoms with Gasteiger partial charge >= 0.3 is 5.97 Å². The molecule has 1 fully saturated rings. The van der Waals surface area contributed by atoms with Crippen LogP contribution in [0.1, 0.15) is 80.3 Å². The molecule has 0 bridgehead atoms. The average Bonchev–Trinajstić information content (AvgIpc) is 3.36. The first-order valence-electron chi connectivity index (χ1n) is 11.9. The summed E-state index contributed by atoms with van der Waals surface area (Å²) in [5.74, 6) is 0.0791. The van der Waals surface area contributed by atoms with E-state index in [0.29, 0.717) is 33.8 Å². The molecule has 0 aliphatic heterocycles. The van der Waals surface area contributed by atoms with E-state index in [1.165, 1.54) is 0 Å². The second-order valence-corrected chi connectivity index (χ2v) is 10.1. The number of aromatic nitrogens is 2. The van der Waals surface area contributed by atoms with Crippen LogP contribution in [0.4, 0.5) is 5.69 Å². The SMILES string of the molecule is Cc1ccc(NC(=O)C[C@@H](CCC(=O)O)c2noc(-c3cc(CC(C)C)no3)c2C2CC2)c(Cl)c1. The van der Waals surface area contributed by atoms with Gasteiger partial charge in [-0.1, -0.05) is 41.8 Å². The lowest BCUT2D eigenvalue weighted by atomic mass is 9.90. The van der Waals surface area contributed by atoms with E-state index in [0.717, 1.165) is 36.1 Å². The number of nitrogens with one attached hydrogen (secondary N) is 1. The molecule has 0 spiro atoms. The number of anilines is 1. The summed E-state index contributed by atoms with van der Waals surface area (Å²) in [6.07, 6.45) is 2.96. The zero-order valence-electron chi connectivity index (χ0n) is 20.1. The molecule has 2 heterocycles. The van der Waals surface area contributed by atoms with E-state index in [1.54, 1.807) is 12.1 Å². The Morgan fingerprint density at radius 2 is 1.97 bits per heavy atom. The summed E-state index contributed by atoms with van der Waals surface area (Å²) in [6, 6.07) is 7.27. The third-order valence-electron chi connectivity index (χ3n) is 6.07. The molecule has 9 heteroatoms. The molecule has 0 saturated heterocycles. The molecule has 1 aliphatic carbocycles. The van der Waals surface area contributed by atoms with Crippen LogP contribution >= 0.6 is 11.6 Å². The molecular formula is C26H30ClN3O5. The Morgan fingerprint density at radius 3 is 2.63 bits per heavy atom. The minimum atomic E-state index is -0.928. The Hall–Kier alpha value is -3.13. The highest BCUT2D eigenvalue weighted by atomic mass is 35.5. The van der Waals surface area contributed by atoms with Crippen molar-refractivity contribution in [3.63, 3.8) is 0 Å². The van der Waals surface area contributed by atoms with E-state index in [4.69, 9.17) is 20.6 Å². The van der Waals surface area contributed by atoms with Gasteiger partial charge in [-0.15, -0.1) is 0 Å². The fraction of sp³-hybridized carbons (Fsp3) is 0.462. The summed E-state index contributed by atoms with van der Waals surface area (Å²) in [4.78, 5) is 24.3. The van der Waals surface area contributed by atoms with Crippen molar-refractivity contribution >= 4 is 29.2 Å². The molecule has 1 aliphatic rings. The molecule has 35 heavy (non-hydrogen) atoms. The van der Waals surface area contributed by atoms with Crippen LogP contribution in [0.5, 0.6) is 0 Å². The normalized spacial score (nSPS) is 14.3. The zero-order valence-corrected chi connectivity index (χ0v) is 20.9. The molecule has 3 aromatic rings. The predicted octanol–water partition coefficient (Wildman–Crippen LogP) is 6.34. The number of benzene rings is 1. The quantitative estimate of drug-likeness (QED) is 0.315. The van der Waals surface area contributed by atoms with Gasteiger partial charge in [0.05, 0.1) is 22.1 Å². The van der Waals surface area contributed by atoms with E-state index in [1.807, 2.05) is 19.1 Å². The molecule has 0 radical (unpaired) electrons. The van der Waals surface area contributed by atoms with E-state index in [9.17, 15) is 14.7 Å². The van der Waals surface area contributed by atoms with Crippen molar-refractivity contribution in [1.82, 2.24) is 10.3 Å². The van der Waals surface area contributed by atoms with E-state index >= 15 is 0 Å². The summed E-state index contributed by atoms with van der Waals surface area (Å²) >= 11 is 6.27. The maximum Gasteiger partial charge on any atom is 0.303 e. The van der Waals surface area contributed by atoms with Crippen LogP contribution in [0, 0.1) is 12.8 Å². The molecule has 1 amide bonds. The highest BCUT2D eigenvalue weighted by Crippen LogP contribution is 2.49. The maximum atomic E-state index is 13.0. The third-order valence-corrected chi connectivity index (χ3v) is 6.38. The van der Waals surface area contributed by atoms with Gasteiger partial charge < -0.3 is 19.5 Å². The Morgan fingerprint density at radius 1 is 1.20 bits per heavy atom. The number of carboxylic acids is 1. The minimum Gasteiger partial charge on any atom is -0.481 e. The van der Waals surface area contributed by atoms with Crippen molar-refractivity contribution in [3.8, 4) is 11.5 Å². The second kappa shape index (κ2) is 10.6. The first kappa shape index (κ1) is 25.0. The van der Waals surface area contributed by atoms with Gasteiger partial charge in [-0.2, -0.15) is 0 Å². The van der Waals surface area contributed by atoms with Crippen molar-refractivity contribution < 1.29 is 23.7 Å². The Balaban J connectivity index is 1.60. The maximum absolute atomic E-state index is 13.0. The van der Waals surface area contributed by atoms with Crippen molar-refractivity contribution in [3.05, 3.63) is 51.8 Å². The Kier molecular flexibility index (Phi) is 7.60. The van der Waals surface area contributed by atoms with E-state index in [-0.39, 0.29) is 31.1 Å². The van der Waals surface area contributed by atoms with Crippen LogP contribution in [0.15, 0.2) is 33.3 Å². The molecular weight excluding hydrogens is 470 g/mol. The lowest BCUT2D eigenvalue weighted by Gasteiger charge is -2.16. The lowest BCUT2D eigenvalue weighted by Crippen LogP contribution is -2.17. The molecule has 4 rings (SSSR count). The molecule has 0 unspecified atom stereocenters. The topological polar surface area (TPSA) is 118 Å². The molecule has 1 atom stereocenters. The number of nitrogens with zero attached hydrogens (tertiary/aromatic N) is 2. The highest BCUT2D eigenvalue weighted by Gasteiger charge is 2.37. The Labute approximate surface area is 209 Å². The number of halogens is 1. The van der Waals surface area contributed by atoms with Crippen LogP contribution < -0.4 is 5.32 Å². The number of amides is 1. The number of aryl methyl sites for hydroxylation is 1. The number of rotatable bonds is 11. The van der Waals surface area contributed by atoms with Crippen molar-refractivity contribution in [2.45, 2.75) is 71.1 Å². The summed E-state index contributed by atoms with van der Waals surface area (Å²) in [6.45, 7) is 6.14. The smallest absolute Gasteiger partial charge is 0.303 e. The standard InChI is InChI=1S/C26H30ClN3O5/c1-14(2)10-18-13-21(34-29-18)26-24(16-5-6-16)25(30-35-26)17(7-9-23(32)33)12-22(31)28-20-8-4-15(3)11-19(20)27/h4,8,11,13-14,16-17H,5-7,9-10,12H2,1-3H3,(H,28,31)(H,32,33)/t17-/m1/s1. The predicted molar refractivity (Wildman–Crippen MR) is 132 cm³/mol. The summed E-state index contributed by atoms with van der Waals surface area (Å²) in [5, 5.41) is 21.1. The van der Waals surface area contributed by atoms with E-state index < -0.39 is 11.9 Å². The monoisotopic (exact) mass is 499 g/mol. The van der Waals surface area contributed by atoms with Gasteiger partial charge in [-0.25, -0.2) is 0 Å². The van der Waals surface area contributed by atoms with Gasteiger partial charge in [0.2, 0.25) is 17.4 Å². The van der Waals surface area contributed by atoms with Gasteiger partial charge in [-0.3, -0.25) is 9.59 Å². The molecule has 1 saturated carbocycles. The van der Waals surface area contributed by atoms with Crippen molar-refractivity contribution in [1.29, 1.82) is 0 Å². The van der Waals surface area contributed by atoms with Crippen LogP contribution in [0.2, 0.25) is 5.02 Å². The first-order chi connectivity index (χ1) is 16.7. The molecule has 186 valence electrons. The Bertz CT molecular complexity index is 1210. The summed E-state index contributed by atoms with van der Waals surface area (Å²) in [5.41, 5.74) is 3.86. The van der Waals surface area contributed by atoms with E-state index in [2.05, 4.69) is 29.5 Å². The largest absolute Gasteiger partial charge is 0.481 e. The molecule has 1 aromatic carbocycles. The molecule has 2 N–H and O–H groups in total. The number of carbonyl (C=O) groups is 2. The first-order valence-corrected chi connectivity index (χ1v) is 12.3. The highest BCUT2D eigenvalue weighted by molar-refractivity contribution is 6.33. The zero-order chi connectivity index (χ0) is 25.1. The van der Waals surface area contributed by atoms with Crippen molar-refractivity contribution in [2.75, 3.05) is 5.32 Å². The van der Waals surface area contributed by atoms with Gasteiger partial charge in [0.25, 0.3) is 0 Å². The van der Waals surface area contributed by atoms with Gasteiger partial charge in [-0.05, 0) is 62.1 Å². The molecule has 2 aromatic heterocycles. The van der Waals surface area contributed by atoms with Gasteiger partial charge in [0.15, 0.2) is 0 Å². The number of hydrogen-bond donors (Lipinski definition) is 2. The number of aliphatic carboxylic acids is 1. The molecule has 8 nitrogen and oxygen atoms in total. The fourth-order valence-corrected chi connectivity index (χ4v) is 4.54. The third kappa shape index (κ3) is 6.31. The van der Waals surface area contributed by atoms with Crippen LogP contribution in [0.25, 0.3) is 11.5 Å². The van der Waals surface area contributed by atoms with Crippen LogP contribution in [-0.2, 0) is 16.0 Å². The number of hydrogen-bond acceptors (Lipinski definition) is 6. The van der Waals surface area contributed by atoms with Gasteiger partial charge in [0.1, 0.15) is 0 Å². The fourth-order valence-electron chi connectivity index (χ4n) is 4.26. The minimum absolute atomic E-state index is 0.0538. The van der Waals surface area contributed by atoms with Gasteiger partial charge in [0, 0.05) is 30.4 Å². The summed E-state index contributed by atoms with van der Waals surface area (Å²) in [7, 11) is 0. The van der Waals surface area contributed by atoms with Crippen LogP contribution in [0.3, 0.4) is 0 Å². The number of carboxylic acid groups (broad SMARTS) is 1. The average molecular weight is 500 g/mol. The summed E-state index contributed by atoms with van der Waals surface area (Å²) < 4.78 is 11.3.